The van der Waals surface area contributed by atoms with Crippen molar-refractivity contribution in [3.8, 4) is 0 Å². The molecule has 0 aliphatic carbocycles. The van der Waals surface area contributed by atoms with Gasteiger partial charge in [-0.2, -0.15) is 22.0 Å². The first-order valence-electron chi connectivity index (χ1n) is 4.87. The fraction of sp³-hybridized carbons (Fsp3) is 0.444. The lowest BCUT2D eigenvalue weighted by atomic mass is 10.3. The Hall–Kier alpha value is -1.29. The van der Waals surface area contributed by atoms with Gasteiger partial charge in [-0.1, -0.05) is 0 Å². The molecule has 0 radical (unpaired) electrons. The normalized spacial score (nSPS) is 14.9. The number of aromatic nitrogens is 1. The van der Waals surface area contributed by atoms with Gasteiger partial charge < -0.3 is 0 Å². The molecule has 1 heterocycles. The summed E-state index contributed by atoms with van der Waals surface area (Å²) in [4.78, 5) is 2.65. The smallest absolute Gasteiger partial charge is 0.263 e. The molecule has 19 heavy (non-hydrogen) atoms. The van der Waals surface area contributed by atoms with Crippen molar-refractivity contribution in [3.63, 3.8) is 0 Å². The summed E-state index contributed by atoms with van der Waals surface area (Å²) in [5, 5.41) is 0. The SMILES string of the molecule is C[C@H](N(C(F)F)S(=O)(=O)c1cccnc1)C(F)(F)F. The number of nitrogens with zero attached hydrogens (tertiary/aromatic N) is 2. The van der Waals surface area contributed by atoms with Gasteiger partial charge in [0.2, 0.25) is 10.0 Å². The number of hydrogen-bond acceptors (Lipinski definition) is 3. The summed E-state index contributed by atoms with van der Waals surface area (Å²) in [6.07, 6.45) is -3.24. The molecule has 108 valence electrons. The van der Waals surface area contributed by atoms with Crippen molar-refractivity contribution in [3.05, 3.63) is 24.5 Å². The monoisotopic (exact) mass is 304 g/mol. The minimum absolute atomic E-state index is 0.347. The fourth-order valence-corrected chi connectivity index (χ4v) is 2.68. The maximum Gasteiger partial charge on any atom is 0.405 e. The van der Waals surface area contributed by atoms with Crippen molar-refractivity contribution >= 4 is 10.0 Å². The average molecular weight is 304 g/mol. The van der Waals surface area contributed by atoms with Crippen LogP contribution in [0.1, 0.15) is 6.92 Å². The molecule has 1 aromatic heterocycles. The van der Waals surface area contributed by atoms with E-state index in [0.29, 0.717) is 13.1 Å². The van der Waals surface area contributed by atoms with Crippen LogP contribution in [-0.4, -0.2) is 36.5 Å². The first-order chi connectivity index (χ1) is 8.58. The molecular formula is C9H9F5N2O2S. The summed E-state index contributed by atoms with van der Waals surface area (Å²) in [5.41, 5.74) is 0. The molecule has 1 rings (SSSR count). The predicted octanol–water partition coefficient (Wildman–Crippen LogP) is 2.25. The van der Waals surface area contributed by atoms with Crippen LogP contribution in [0.15, 0.2) is 29.4 Å². The molecule has 0 N–H and O–H groups in total. The second-order valence-electron chi connectivity index (χ2n) is 3.52. The maximum absolute atomic E-state index is 12.7. The molecule has 1 atom stereocenters. The van der Waals surface area contributed by atoms with E-state index in [0.717, 1.165) is 12.1 Å². The van der Waals surface area contributed by atoms with Gasteiger partial charge in [0.15, 0.2) is 0 Å². The van der Waals surface area contributed by atoms with Crippen molar-refractivity contribution < 1.29 is 30.4 Å². The Bertz CT molecular complexity index is 517. The van der Waals surface area contributed by atoms with E-state index in [1.54, 1.807) is 0 Å². The topological polar surface area (TPSA) is 50.3 Å². The molecule has 0 fully saturated rings. The van der Waals surface area contributed by atoms with Gasteiger partial charge >= 0.3 is 12.7 Å². The number of rotatable bonds is 4. The molecular weight excluding hydrogens is 295 g/mol. The molecule has 0 aliphatic heterocycles. The van der Waals surface area contributed by atoms with Gasteiger partial charge in [0.25, 0.3) is 0 Å². The summed E-state index contributed by atoms with van der Waals surface area (Å²) in [5.74, 6) is 0. The van der Waals surface area contributed by atoms with Gasteiger partial charge in [-0.15, -0.1) is 4.31 Å². The number of alkyl halides is 5. The zero-order chi connectivity index (χ0) is 14.8. The molecule has 1 aromatic rings. The molecule has 10 heteroatoms. The zero-order valence-corrected chi connectivity index (χ0v) is 10.3. The van der Waals surface area contributed by atoms with Crippen LogP contribution in [0.3, 0.4) is 0 Å². The van der Waals surface area contributed by atoms with Crippen LogP contribution in [0.5, 0.6) is 0 Å². The van der Waals surface area contributed by atoms with Crippen LogP contribution in [0.2, 0.25) is 0 Å². The molecule has 0 saturated heterocycles. The molecule has 0 unspecified atom stereocenters. The summed E-state index contributed by atoms with van der Waals surface area (Å²) < 4.78 is 85.4. The van der Waals surface area contributed by atoms with Gasteiger partial charge in [0.05, 0.1) is 0 Å². The second kappa shape index (κ2) is 5.37. The van der Waals surface area contributed by atoms with Crippen molar-refractivity contribution in [2.75, 3.05) is 0 Å². The van der Waals surface area contributed by atoms with Crippen LogP contribution in [0.4, 0.5) is 22.0 Å². The summed E-state index contributed by atoms with van der Waals surface area (Å²) in [6.45, 7) is -3.47. The number of pyridine rings is 1. The van der Waals surface area contributed by atoms with E-state index in [1.807, 2.05) is 0 Å². The highest BCUT2D eigenvalue weighted by Gasteiger charge is 2.49. The zero-order valence-electron chi connectivity index (χ0n) is 9.47. The Morgan fingerprint density at radius 3 is 2.26 bits per heavy atom. The molecule has 0 aliphatic rings. The lowest BCUT2D eigenvalue weighted by Gasteiger charge is -2.28. The van der Waals surface area contributed by atoms with E-state index in [2.05, 4.69) is 4.98 Å². The third kappa shape index (κ3) is 3.38. The molecule has 0 spiro atoms. The predicted molar refractivity (Wildman–Crippen MR) is 54.8 cm³/mol. The third-order valence-corrected chi connectivity index (χ3v) is 4.13. The Morgan fingerprint density at radius 1 is 1.32 bits per heavy atom. The van der Waals surface area contributed by atoms with E-state index in [1.165, 1.54) is 6.20 Å². The number of sulfonamides is 1. The van der Waals surface area contributed by atoms with Crippen molar-refractivity contribution in [1.29, 1.82) is 0 Å². The van der Waals surface area contributed by atoms with Gasteiger partial charge in [-0.3, -0.25) is 4.98 Å². The van der Waals surface area contributed by atoms with Crippen LogP contribution in [0, 0.1) is 0 Å². The van der Waals surface area contributed by atoms with E-state index in [9.17, 15) is 30.4 Å². The minimum Gasteiger partial charge on any atom is -0.263 e. The molecule has 0 bridgehead atoms. The fourth-order valence-electron chi connectivity index (χ4n) is 1.25. The van der Waals surface area contributed by atoms with E-state index in [4.69, 9.17) is 0 Å². The lowest BCUT2D eigenvalue weighted by molar-refractivity contribution is -0.186. The second-order valence-corrected chi connectivity index (χ2v) is 5.36. The Kier molecular flexibility index (Phi) is 4.46. The van der Waals surface area contributed by atoms with Crippen LogP contribution >= 0.6 is 0 Å². The average Bonchev–Trinajstić information content (AvgIpc) is 2.28. The Labute approximate surface area is 105 Å². The van der Waals surface area contributed by atoms with Crippen LogP contribution in [-0.2, 0) is 10.0 Å². The standard InChI is InChI=1S/C9H9F5N2O2S/c1-6(9(12,13)14)16(8(10)11)19(17,18)7-3-2-4-15-5-7/h2-6,8H,1H3/t6-/m0/s1. The molecule has 0 saturated carbocycles. The van der Waals surface area contributed by atoms with Gasteiger partial charge in [-0.25, -0.2) is 8.42 Å². The quantitative estimate of drug-likeness (QED) is 0.633. The van der Waals surface area contributed by atoms with E-state index >= 15 is 0 Å². The summed E-state index contributed by atoms with van der Waals surface area (Å²) in [6, 6.07) is -0.840. The van der Waals surface area contributed by atoms with Gasteiger partial charge in [0, 0.05) is 12.4 Å². The Balaban J connectivity index is 3.28. The number of hydrogen-bond donors (Lipinski definition) is 0. The minimum atomic E-state index is -5.11. The lowest BCUT2D eigenvalue weighted by Crippen LogP contribution is -2.49. The Morgan fingerprint density at radius 2 is 1.89 bits per heavy atom. The molecule has 4 nitrogen and oxygen atoms in total. The summed E-state index contributed by atoms with van der Waals surface area (Å²) >= 11 is 0. The van der Waals surface area contributed by atoms with Gasteiger partial charge in [0.1, 0.15) is 10.9 Å². The highest BCUT2D eigenvalue weighted by molar-refractivity contribution is 7.89. The maximum atomic E-state index is 12.7. The molecule has 0 amide bonds. The van der Waals surface area contributed by atoms with Crippen LogP contribution in [0.25, 0.3) is 0 Å². The van der Waals surface area contributed by atoms with E-state index < -0.39 is 38.0 Å². The molecule has 0 aromatic carbocycles. The van der Waals surface area contributed by atoms with Crippen molar-refractivity contribution in [1.82, 2.24) is 9.29 Å². The summed E-state index contributed by atoms with van der Waals surface area (Å²) in [7, 11) is -4.98. The van der Waals surface area contributed by atoms with Gasteiger partial charge in [-0.05, 0) is 19.1 Å². The highest BCUT2D eigenvalue weighted by Crippen LogP contribution is 2.31. The highest BCUT2D eigenvalue weighted by atomic mass is 32.2. The van der Waals surface area contributed by atoms with Crippen molar-refractivity contribution in [2.24, 2.45) is 0 Å². The third-order valence-electron chi connectivity index (χ3n) is 2.26. The first-order valence-corrected chi connectivity index (χ1v) is 6.31. The van der Waals surface area contributed by atoms with Crippen molar-refractivity contribution in [2.45, 2.75) is 30.6 Å². The van der Waals surface area contributed by atoms with E-state index in [-0.39, 0.29) is 0 Å². The first kappa shape index (κ1) is 15.8. The number of halogens is 5. The van der Waals surface area contributed by atoms with Crippen LogP contribution < -0.4 is 0 Å². The largest absolute Gasteiger partial charge is 0.405 e.